The molecule has 182 valence electrons. The average molecular weight is 472 g/mol. The van der Waals surface area contributed by atoms with Gasteiger partial charge < -0.3 is 20.3 Å². The zero-order valence-electron chi connectivity index (χ0n) is 20.4. The van der Waals surface area contributed by atoms with E-state index in [4.69, 9.17) is 9.84 Å². The first-order valence-electron chi connectivity index (χ1n) is 10.5. The van der Waals surface area contributed by atoms with Crippen molar-refractivity contribution in [1.82, 2.24) is 0 Å². The van der Waals surface area contributed by atoms with Gasteiger partial charge in [-0.25, -0.2) is 13.2 Å². The van der Waals surface area contributed by atoms with Gasteiger partial charge in [-0.15, -0.1) is 0 Å². The highest BCUT2D eigenvalue weighted by atomic mass is 32.2. The summed E-state index contributed by atoms with van der Waals surface area (Å²) in [5.74, 6) is -2.63. The second kappa shape index (κ2) is 18.7. The van der Waals surface area contributed by atoms with E-state index in [2.05, 4.69) is 5.32 Å². The van der Waals surface area contributed by atoms with Gasteiger partial charge in [0.15, 0.2) is 9.84 Å². The minimum absolute atomic E-state index is 0.190. The summed E-state index contributed by atoms with van der Waals surface area (Å²) in [5.41, 5.74) is 0.261. The number of ether oxygens (including phenoxy) is 1. The maximum Gasteiger partial charge on any atom is 0.394 e. The molecule has 0 saturated heterocycles. The fourth-order valence-electron chi connectivity index (χ4n) is 1.78. The number of sulfone groups is 1. The number of phenols is 1. The minimum Gasteiger partial charge on any atom is -0.507 e. The van der Waals surface area contributed by atoms with Gasteiger partial charge in [0, 0.05) is 18.0 Å². The summed E-state index contributed by atoms with van der Waals surface area (Å²) in [4.78, 5) is 21.2. The molecule has 2 aromatic rings. The first kappa shape index (κ1) is 33.6. The number of hydrogen-bond acceptors (Lipinski definition) is 6. The lowest BCUT2D eigenvalue weighted by molar-refractivity contribution is -0.147. The van der Waals surface area contributed by atoms with Gasteiger partial charge in [0.1, 0.15) is 22.1 Å². The van der Waals surface area contributed by atoms with Crippen LogP contribution in [0.1, 0.15) is 55.4 Å². The van der Waals surface area contributed by atoms with Crippen LogP contribution in [0.3, 0.4) is 0 Å². The molecule has 0 aliphatic rings. The molecule has 0 aliphatic heterocycles. The number of nitrogens with one attached hydrogen (secondary N) is 1. The zero-order valence-corrected chi connectivity index (χ0v) is 21.2. The number of hydrogen-bond donors (Lipinski definition) is 3. The molecule has 0 aromatic heterocycles. The van der Waals surface area contributed by atoms with Crippen LogP contribution in [0.4, 0.5) is 5.69 Å². The van der Waals surface area contributed by atoms with Crippen LogP contribution in [0.15, 0.2) is 47.4 Å². The van der Waals surface area contributed by atoms with Crippen LogP contribution in [-0.2, 0) is 19.4 Å². The molecule has 0 bridgehead atoms. The lowest BCUT2D eigenvalue weighted by Crippen LogP contribution is -2.21. The Morgan fingerprint density at radius 3 is 1.66 bits per heavy atom. The number of rotatable bonds is 4. The summed E-state index contributed by atoms with van der Waals surface area (Å²) in [6.07, 6.45) is 0.964. The lowest BCUT2D eigenvalue weighted by Gasteiger charge is -2.09. The van der Waals surface area contributed by atoms with Gasteiger partial charge >= 0.3 is 11.9 Å². The SMILES string of the molecule is CC.CC.CC.CC.CS(=O)(=O)c1cc(Oc2ccc(NC(=O)C(=O)O)cc2)ccc1O. The normalized spacial score (nSPS) is 8.91. The van der Waals surface area contributed by atoms with Gasteiger partial charge in [0.2, 0.25) is 0 Å². The van der Waals surface area contributed by atoms with Crippen LogP contribution in [0.5, 0.6) is 17.2 Å². The molecule has 9 heteroatoms. The number of anilines is 1. The Morgan fingerprint density at radius 1 is 0.812 bits per heavy atom. The summed E-state index contributed by atoms with van der Waals surface area (Å²) >= 11 is 0. The molecule has 32 heavy (non-hydrogen) atoms. The maximum atomic E-state index is 11.6. The van der Waals surface area contributed by atoms with Crippen LogP contribution in [-0.4, -0.2) is 36.8 Å². The van der Waals surface area contributed by atoms with Crippen LogP contribution in [0, 0.1) is 0 Å². The Balaban J connectivity index is -0.000000945. The van der Waals surface area contributed by atoms with E-state index in [1.165, 1.54) is 42.5 Å². The third-order valence-corrected chi connectivity index (χ3v) is 4.00. The molecule has 3 N–H and O–H groups in total. The fraction of sp³-hybridized carbons (Fsp3) is 0.391. The van der Waals surface area contributed by atoms with E-state index in [1.807, 2.05) is 55.4 Å². The predicted molar refractivity (Wildman–Crippen MR) is 129 cm³/mol. The smallest absolute Gasteiger partial charge is 0.394 e. The first-order chi connectivity index (χ1) is 15.2. The van der Waals surface area contributed by atoms with E-state index in [0.29, 0.717) is 5.75 Å². The predicted octanol–water partition coefficient (Wildman–Crippen LogP) is 5.72. The van der Waals surface area contributed by atoms with Crippen LogP contribution in [0.25, 0.3) is 0 Å². The standard InChI is InChI=1S/C15H13NO7S.4C2H6/c1-24(21,22)13-8-11(6-7-12(13)17)23-10-4-2-9(3-5-10)16-14(18)15(19)20;4*1-2/h2-8,17H,1H3,(H,16,18)(H,19,20);4*1-2H3. The Hall–Kier alpha value is -3.07. The van der Waals surface area contributed by atoms with Gasteiger partial charge in [0.05, 0.1) is 0 Å². The van der Waals surface area contributed by atoms with Crippen molar-refractivity contribution in [3.63, 3.8) is 0 Å². The van der Waals surface area contributed by atoms with Crippen molar-refractivity contribution in [2.24, 2.45) is 0 Å². The van der Waals surface area contributed by atoms with Gasteiger partial charge in [-0.05, 0) is 36.4 Å². The Labute approximate surface area is 192 Å². The summed E-state index contributed by atoms with van der Waals surface area (Å²) < 4.78 is 28.6. The monoisotopic (exact) mass is 471 g/mol. The Morgan fingerprint density at radius 2 is 1.25 bits per heavy atom. The average Bonchev–Trinajstić information content (AvgIpc) is 2.81. The molecule has 0 aliphatic carbocycles. The minimum atomic E-state index is -3.61. The van der Waals surface area contributed by atoms with Gasteiger partial charge in [-0.3, -0.25) is 4.79 Å². The molecule has 1 amide bonds. The topological polar surface area (TPSA) is 130 Å². The number of carboxylic acids is 1. The molecule has 8 nitrogen and oxygen atoms in total. The molecule has 0 spiro atoms. The molecule has 0 atom stereocenters. The Bertz CT molecular complexity index is 893. The van der Waals surface area contributed by atoms with Gasteiger partial charge in [-0.1, -0.05) is 55.4 Å². The number of carboxylic acid groups (broad SMARTS) is 1. The van der Waals surface area contributed by atoms with Gasteiger partial charge in [0.25, 0.3) is 0 Å². The van der Waals surface area contributed by atoms with E-state index in [-0.39, 0.29) is 22.1 Å². The molecule has 0 unspecified atom stereocenters. The van der Waals surface area contributed by atoms with Crippen molar-refractivity contribution in [3.05, 3.63) is 42.5 Å². The zero-order chi connectivity index (χ0) is 25.9. The number of aromatic hydroxyl groups is 1. The van der Waals surface area contributed by atoms with Crippen molar-refractivity contribution in [2.75, 3.05) is 11.6 Å². The van der Waals surface area contributed by atoms with Crippen LogP contribution >= 0.6 is 0 Å². The fourth-order valence-corrected chi connectivity index (χ4v) is 2.56. The highest BCUT2D eigenvalue weighted by Gasteiger charge is 2.15. The summed E-state index contributed by atoms with van der Waals surface area (Å²) in [6.45, 7) is 16.0. The third-order valence-electron chi connectivity index (χ3n) is 2.87. The highest BCUT2D eigenvalue weighted by molar-refractivity contribution is 7.90. The van der Waals surface area contributed by atoms with Crippen molar-refractivity contribution >= 4 is 27.4 Å². The molecule has 0 fully saturated rings. The van der Waals surface area contributed by atoms with Gasteiger partial charge in [-0.2, -0.15) is 0 Å². The molecule has 2 rings (SSSR count). The van der Waals surface area contributed by atoms with Crippen molar-refractivity contribution in [3.8, 4) is 17.2 Å². The molecule has 2 aromatic carbocycles. The van der Waals surface area contributed by atoms with Crippen molar-refractivity contribution in [2.45, 2.75) is 60.3 Å². The maximum absolute atomic E-state index is 11.6. The number of carbonyl (C=O) groups excluding carboxylic acids is 1. The molecular weight excluding hydrogens is 434 g/mol. The lowest BCUT2D eigenvalue weighted by atomic mass is 10.3. The van der Waals surface area contributed by atoms with E-state index in [0.717, 1.165) is 6.26 Å². The largest absolute Gasteiger partial charge is 0.507 e. The summed E-state index contributed by atoms with van der Waals surface area (Å²) in [5, 5.41) is 20.2. The van der Waals surface area contributed by atoms with E-state index in [9.17, 15) is 23.1 Å². The molecule has 0 saturated carbocycles. The summed E-state index contributed by atoms with van der Waals surface area (Å²) in [7, 11) is -3.61. The first-order valence-corrected chi connectivity index (χ1v) is 12.4. The molecule has 0 radical (unpaired) electrons. The second-order valence-corrected chi connectivity index (χ2v) is 6.77. The van der Waals surface area contributed by atoms with Crippen molar-refractivity contribution in [1.29, 1.82) is 0 Å². The van der Waals surface area contributed by atoms with E-state index in [1.54, 1.807) is 0 Å². The highest BCUT2D eigenvalue weighted by Crippen LogP contribution is 2.30. The number of carbonyl (C=O) groups is 2. The number of amides is 1. The number of aliphatic carboxylic acids is 1. The van der Waals surface area contributed by atoms with Crippen molar-refractivity contribution < 1.29 is 33.0 Å². The quantitative estimate of drug-likeness (QED) is 0.486. The Kier molecular flexibility index (Phi) is 19.6. The van der Waals surface area contributed by atoms with E-state index < -0.39 is 21.7 Å². The third kappa shape index (κ3) is 12.6. The second-order valence-electron chi connectivity index (χ2n) is 4.79. The van der Waals surface area contributed by atoms with Crippen LogP contribution in [0.2, 0.25) is 0 Å². The number of benzene rings is 2. The molecular formula is C23H37NO7S. The number of phenolic OH excluding ortho intramolecular Hbond substituents is 1. The van der Waals surface area contributed by atoms with Crippen LogP contribution < -0.4 is 10.1 Å². The van der Waals surface area contributed by atoms with E-state index >= 15 is 0 Å². The molecule has 0 heterocycles. The summed E-state index contributed by atoms with van der Waals surface area (Å²) in [6, 6.07) is 9.55.